The molecule has 0 saturated carbocycles. The number of carbonyl (C=O) groups excluding carboxylic acids is 1. The van der Waals surface area contributed by atoms with Gasteiger partial charge in [-0.05, 0) is 24.5 Å². The zero-order chi connectivity index (χ0) is 12.8. The molecule has 0 radical (unpaired) electrons. The summed E-state index contributed by atoms with van der Waals surface area (Å²) in [5.74, 6) is -1.25. The molecule has 17 heavy (non-hydrogen) atoms. The summed E-state index contributed by atoms with van der Waals surface area (Å²) in [7, 11) is 0. The molecule has 92 valence electrons. The topological polar surface area (TPSA) is 66.4 Å². The van der Waals surface area contributed by atoms with Crippen LogP contribution in [0.1, 0.15) is 24.5 Å². The van der Waals surface area contributed by atoms with Crippen LogP contribution < -0.4 is 5.32 Å². The molecule has 0 aliphatic heterocycles. The van der Waals surface area contributed by atoms with Crippen LogP contribution >= 0.6 is 0 Å². The van der Waals surface area contributed by atoms with Gasteiger partial charge in [0.1, 0.15) is 6.04 Å². The minimum atomic E-state index is -0.995. The normalized spacial score (nSPS) is 11.9. The number of benzene rings is 1. The summed E-state index contributed by atoms with van der Waals surface area (Å²) in [5, 5.41) is 11.3. The largest absolute Gasteiger partial charge is 0.480 e. The van der Waals surface area contributed by atoms with Crippen molar-refractivity contribution < 1.29 is 14.7 Å². The standard InChI is InChI=1S/C13H17NO3/c1-3-11(13(16)17)14-12(15)8-10-7-5-4-6-9(10)2/h4-7,11H,3,8H2,1-2H3,(H,14,15)(H,16,17)/t11-/m0/s1. The Morgan fingerprint density at radius 1 is 1.35 bits per heavy atom. The van der Waals surface area contributed by atoms with Crippen LogP contribution in [0.5, 0.6) is 0 Å². The Balaban J connectivity index is 2.61. The predicted molar refractivity (Wildman–Crippen MR) is 64.7 cm³/mol. The molecule has 0 saturated heterocycles. The molecular formula is C13H17NO3. The van der Waals surface area contributed by atoms with Crippen molar-refractivity contribution in [3.8, 4) is 0 Å². The Labute approximate surface area is 101 Å². The smallest absolute Gasteiger partial charge is 0.326 e. The molecule has 0 unspecified atom stereocenters. The fraction of sp³-hybridized carbons (Fsp3) is 0.385. The van der Waals surface area contributed by atoms with Gasteiger partial charge in [-0.1, -0.05) is 31.2 Å². The number of rotatable bonds is 5. The quantitative estimate of drug-likeness (QED) is 0.813. The van der Waals surface area contributed by atoms with Gasteiger partial charge in [-0.15, -0.1) is 0 Å². The summed E-state index contributed by atoms with van der Waals surface area (Å²) in [6, 6.07) is 6.77. The van der Waals surface area contributed by atoms with Gasteiger partial charge in [0, 0.05) is 0 Å². The van der Waals surface area contributed by atoms with E-state index in [0.29, 0.717) is 6.42 Å². The Morgan fingerprint density at radius 3 is 2.53 bits per heavy atom. The molecular weight excluding hydrogens is 218 g/mol. The molecule has 1 aromatic carbocycles. The van der Waals surface area contributed by atoms with Crippen molar-refractivity contribution in [1.82, 2.24) is 5.32 Å². The first-order valence-electron chi connectivity index (χ1n) is 5.61. The molecule has 1 amide bonds. The van der Waals surface area contributed by atoms with Crippen LogP contribution in [0.15, 0.2) is 24.3 Å². The van der Waals surface area contributed by atoms with Crippen molar-refractivity contribution in [3.05, 3.63) is 35.4 Å². The molecule has 4 nitrogen and oxygen atoms in total. The summed E-state index contributed by atoms with van der Waals surface area (Å²) in [4.78, 5) is 22.4. The lowest BCUT2D eigenvalue weighted by molar-refractivity contribution is -0.141. The Hall–Kier alpha value is -1.84. The van der Waals surface area contributed by atoms with Crippen molar-refractivity contribution in [2.45, 2.75) is 32.7 Å². The van der Waals surface area contributed by atoms with Crippen molar-refractivity contribution >= 4 is 11.9 Å². The zero-order valence-corrected chi connectivity index (χ0v) is 10.1. The molecule has 0 aliphatic carbocycles. The van der Waals surface area contributed by atoms with Gasteiger partial charge >= 0.3 is 5.97 Å². The van der Waals surface area contributed by atoms with Crippen molar-refractivity contribution in [2.75, 3.05) is 0 Å². The molecule has 0 heterocycles. The van der Waals surface area contributed by atoms with Gasteiger partial charge in [-0.2, -0.15) is 0 Å². The van der Waals surface area contributed by atoms with Gasteiger partial charge in [0.25, 0.3) is 0 Å². The summed E-state index contributed by atoms with van der Waals surface area (Å²) in [6.45, 7) is 3.66. The van der Waals surface area contributed by atoms with E-state index in [9.17, 15) is 9.59 Å². The highest BCUT2D eigenvalue weighted by molar-refractivity contribution is 5.84. The van der Waals surface area contributed by atoms with Crippen LogP contribution in [0.25, 0.3) is 0 Å². The Morgan fingerprint density at radius 2 is 2.00 bits per heavy atom. The number of aliphatic carboxylic acids is 1. The molecule has 1 aromatic rings. The van der Waals surface area contributed by atoms with Crippen LogP contribution in [0.4, 0.5) is 0 Å². The van der Waals surface area contributed by atoms with Crippen LogP contribution in [-0.2, 0) is 16.0 Å². The van der Waals surface area contributed by atoms with E-state index in [1.54, 1.807) is 6.92 Å². The van der Waals surface area contributed by atoms with Crippen LogP contribution in [0.2, 0.25) is 0 Å². The molecule has 0 aromatic heterocycles. The molecule has 0 bridgehead atoms. The van der Waals surface area contributed by atoms with E-state index in [2.05, 4.69) is 5.32 Å². The molecule has 0 fully saturated rings. The van der Waals surface area contributed by atoms with Gasteiger partial charge in [-0.25, -0.2) is 4.79 Å². The number of hydrogen-bond donors (Lipinski definition) is 2. The summed E-state index contributed by atoms with van der Waals surface area (Å²) in [5.41, 5.74) is 1.95. The SMILES string of the molecule is CC[C@H](NC(=O)Cc1ccccc1C)C(=O)O. The highest BCUT2D eigenvalue weighted by Gasteiger charge is 2.17. The fourth-order valence-corrected chi connectivity index (χ4v) is 1.57. The fourth-order valence-electron chi connectivity index (χ4n) is 1.57. The first-order chi connectivity index (χ1) is 8.04. The third-order valence-corrected chi connectivity index (χ3v) is 2.65. The van der Waals surface area contributed by atoms with Gasteiger partial charge in [0.15, 0.2) is 0 Å². The van der Waals surface area contributed by atoms with E-state index in [4.69, 9.17) is 5.11 Å². The van der Waals surface area contributed by atoms with Crippen molar-refractivity contribution in [3.63, 3.8) is 0 Å². The Kier molecular flexibility index (Phi) is 4.69. The van der Waals surface area contributed by atoms with E-state index in [-0.39, 0.29) is 12.3 Å². The molecule has 2 N–H and O–H groups in total. The third-order valence-electron chi connectivity index (χ3n) is 2.65. The average Bonchev–Trinajstić information content (AvgIpc) is 2.28. The first kappa shape index (κ1) is 13.2. The lowest BCUT2D eigenvalue weighted by Crippen LogP contribution is -2.41. The maximum Gasteiger partial charge on any atom is 0.326 e. The number of hydrogen-bond acceptors (Lipinski definition) is 2. The Bertz CT molecular complexity index is 415. The number of nitrogens with one attached hydrogen (secondary N) is 1. The summed E-state index contributed by atoms with van der Waals surface area (Å²) in [6.07, 6.45) is 0.602. The minimum absolute atomic E-state index is 0.219. The number of carboxylic acid groups (broad SMARTS) is 1. The van der Waals surface area contributed by atoms with Gasteiger partial charge in [-0.3, -0.25) is 4.79 Å². The lowest BCUT2D eigenvalue weighted by Gasteiger charge is -2.12. The molecule has 1 rings (SSSR count). The van der Waals surface area contributed by atoms with E-state index < -0.39 is 12.0 Å². The highest BCUT2D eigenvalue weighted by atomic mass is 16.4. The first-order valence-corrected chi connectivity index (χ1v) is 5.61. The number of aryl methyl sites for hydroxylation is 1. The monoisotopic (exact) mass is 235 g/mol. The second-order valence-corrected chi connectivity index (χ2v) is 3.97. The van der Waals surface area contributed by atoms with Crippen molar-refractivity contribution in [1.29, 1.82) is 0 Å². The third kappa shape index (κ3) is 3.90. The maximum atomic E-state index is 11.7. The number of carboxylic acids is 1. The van der Waals surface area contributed by atoms with Crippen LogP contribution in [-0.4, -0.2) is 23.0 Å². The van der Waals surface area contributed by atoms with Crippen molar-refractivity contribution in [2.24, 2.45) is 0 Å². The van der Waals surface area contributed by atoms with E-state index >= 15 is 0 Å². The second-order valence-electron chi connectivity index (χ2n) is 3.97. The van der Waals surface area contributed by atoms with Crippen LogP contribution in [0.3, 0.4) is 0 Å². The van der Waals surface area contributed by atoms with Gasteiger partial charge < -0.3 is 10.4 Å². The maximum absolute atomic E-state index is 11.7. The van der Waals surface area contributed by atoms with Gasteiger partial charge in [0.05, 0.1) is 6.42 Å². The molecule has 4 heteroatoms. The van der Waals surface area contributed by atoms with E-state index in [1.807, 2.05) is 31.2 Å². The molecule has 0 aliphatic rings. The number of amides is 1. The summed E-state index contributed by atoms with van der Waals surface area (Å²) >= 11 is 0. The lowest BCUT2D eigenvalue weighted by atomic mass is 10.1. The summed E-state index contributed by atoms with van der Waals surface area (Å²) < 4.78 is 0. The molecule has 1 atom stereocenters. The second kappa shape index (κ2) is 6.03. The number of carbonyl (C=O) groups is 2. The van der Waals surface area contributed by atoms with Gasteiger partial charge in [0.2, 0.25) is 5.91 Å². The highest BCUT2D eigenvalue weighted by Crippen LogP contribution is 2.07. The average molecular weight is 235 g/mol. The van der Waals surface area contributed by atoms with E-state index in [0.717, 1.165) is 11.1 Å². The zero-order valence-electron chi connectivity index (χ0n) is 10.1. The predicted octanol–water partition coefficient (Wildman–Crippen LogP) is 1.52. The van der Waals surface area contributed by atoms with Crippen LogP contribution in [0, 0.1) is 6.92 Å². The molecule has 0 spiro atoms. The van der Waals surface area contributed by atoms with E-state index in [1.165, 1.54) is 0 Å². The minimum Gasteiger partial charge on any atom is -0.480 e.